The van der Waals surface area contributed by atoms with Gasteiger partial charge >= 0.3 is 0 Å². The van der Waals surface area contributed by atoms with Gasteiger partial charge in [-0.05, 0) is 6.42 Å². The molecule has 0 heterocycles. The number of nitrogens with two attached hydrogens (primary N) is 1. The first kappa shape index (κ1) is 10.3. The van der Waals surface area contributed by atoms with E-state index in [4.69, 9.17) is 5.73 Å². The zero-order valence-corrected chi connectivity index (χ0v) is 6.73. The van der Waals surface area contributed by atoms with Crippen molar-refractivity contribution in [1.29, 1.82) is 0 Å². The van der Waals surface area contributed by atoms with Crippen LogP contribution in [0.4, 0.5) is 8.78 Å². The van der Waals surface area contributed by atoms with Crippen LogP contribution in [0.5, 0.6) is 0 Å². The highest BCUT2D eigenvalue weighted by atomic mass is 19.3. The molecule has 0 unspecified atom stereocenters. The van der Waals surface area contributed by atoms with E-state index < -0.39 is 17.7 Å². The van der Waals surface area contributed by atoms with E-state index in [0.717, 1.165) is 0 Å². The van der Waals surface area contributed by atoms with Crippen molar-refractivity contribution < 1.29 is 13.6 Å². The number of primary amides is 1. The molecule has 2 N–H and O–H groups in total. The normalized spacial score (nSPS) is 12.1. The maximum absolute atomic E-state index is 12.1. The minimum absolute atomic E-state index is 0.0251. The van der Waals surface area contributed by atoms with Crippen molar-refractivity contribution >= 4 is 5.91 Å². The number of rotatable bonds is 4. The summed E-state index contributed by atoms with van der Waals surface area (Å²) in [5, 5.41) is 0. The van der Waals surface area contributed by atoms with Gasteiger partial charge in [0.05, 0.1) is 0 Å². The zero-order chi connectivity index (χ0) is 9.07. The lowest BCUT2D eigenvalue weighted by molar-refractivity contribution is -0.119. The molecule has 0 aliphatic rings. The Morgan fingerprint density at radius 1 is 1.55 bits per heavy atom. The molecule has 11 heavy (non-hydrogen) atoms. The molecule has 0 aromatic rings. The molecule has 0 aliphatic heterocycles. The van der Waals surface area contributed by atoms with Crippen LogP contribution in [0.3, 0.4) is 0 Å². The first-order chi connectivity index (χ1) is 4.86. The Hall–Kier alpha value is -0.670. The molecule has 1 amide bonds. The summed E-state index contributed by atoms with van der Waals surface area (Å²) in [5.74, 6) is -0.529. The fourth-order valence-corrected chi connectivity index (χ4v) is 0.554. The number of hydrogen-bond acceptors (Lipinski definition) is 1. The Morgan fingerprint density at radius 3 is 2.27 bits per heavy atom. The lowest BCUT2D eigenvalue weighted by Gasteiger charge is -2.22. The monoisotopic (exact) mass is 165 g/mol. The quantitative estimate of drug-likeness (QED) is 0.674. The number of alkyl halides is 2. The molecule has 0 saturated carbocycles. The van der Waals surface area contributed by atoms with E-state index in [2.05, 4.69) is 0 Å². The molecule has 0 bridgehead atoms. The predicted molar refractivity (Wildman–Crippen MR) is 38.2 cm³/mol. The minimum Gasteiger partial charge on any atom is -0.370 e. The zero-order valence-electron chi connectivity index (χ0n) is 6.73. The van der Waals surface area contributed by atoms with E-state index in [9.17, 15) is 13.6 Å². The molecule has 0 fully saturated rings. The molecule has 2 nitrogen and oxygen atoms in total. The van der Waals surface area contributed by atoms with E-state index in [1.165, 1.54) is 13.8 Å². The van der Waals surface area contributed by atoms with Crippen LogP contribution in [-0.4, -0.2) is 12.3 Å². The van der Waals surface area contributed by atoms with Crippen LogP contribution in [0, 0.1) is 5.41 Å². The van der Waals surface area contributed by atoms with Crippen LogP contribution in [0.25, 0.3) is 0 Å². The molecule has 4 heteroatoms. The van der Waals surface area contributed by atoms with Gasteiger partial charge in [0.25, 0.3) is 0 Å². The number of halogens is 2. The molecular weight excluding hydrogens is 152 g/mol. The van der Waals surface area contributed by atoms with Crippen LogP contribution < -0.4 is 5.73 Å². The van der Waals surface area contributed by atoms with Gasteiger partial charge in [0, 0.05) is 11.8 Å². The summed E-state index contributed by atoms with van der Waals surface area (Å²) in [4.78, 5) is 10.2. The van der Waals surface area contributed by atoms with E-state index in [0.29, 0.717) is 0 Å². The van der Waals surface area contributed by atoms with Crippen molar-refractivity contribution in [2.24, 2.45) is 11.1 Å². The second kappa shape index (κ2) is 3.64. The van der Waals surface area contributed by atoms with E-state index in [1.54, 1.807) is 0 Å². The third-order valence-corrected chi connectivity index (χ3v) is 1.61. The van der Waals surface area contributed by atoms with Crippen molar-refractivity contribution in [3.63, 3.8) is 0 Å². The summed E-state index contributed by atoms with van der Waals surface area (Å²) in [7, 11) is 0. The molecule has 66 valence electrons. The van der Waals surface area contributed by atoms with Gasteiger partial charge in [0.15, 0.2) is 0 Å². The van der Waals surface area contributed by atoms with E-state index in [-0.39, 0.29) is 12.8 Å². The van der Waals surface area contributed by atoms with Crippen molar-refractivity contribution in [3.8, 4) is 0 Å². The molecule has 0 saturated heterocycles. The summed E-state index contributed by atoms with van der Waals surface area (Å²) in [6.07, 6.45) is -2.24. The third kappa shape index (κ3) is 3.91. The first-order valence-corrected chi connectivity index (χ1v) is 3.43. The van der Waals surface area contributed by atoms with Crippen LogP contribution >= 0.6 is 0 Å². The standard InChI is InChI=1S/C7H13F2NO/c1-7(2,6(8)9)4-3-5(10)11/h6H,3-4H2,1-2H3,(H2,10,11). The Labute approximate surface area is 64.8 Å². The highest BCUT2D eigenvalue weighted by Gasteiger charge is 2.29. The highest BCUT2D eigenvalue weighted by molar-refractivity contribution is 5.73. The molecule has 0 spiro atoms. The topological polar surface area (TPSA) is 43.1 Å². The van der Waals surface area contributed by atoms with Crippen LogP contribution in [-0.2, 0) is 4.79 Å². The summed E-state index contributed by atoms with van der Waals surface area (Å²) >= 11 is 0. The van der Waals surface area contributed by atoms with Gasteiger partial charge in [-0.15, -0.1) is 0 Å². The second-order valence-electron chi connectivity index (χ2n) is 3.26. The van der Waals surface area contributed by atoms with Crippen LogP contribution in [0.1, 0.15) is 26.7 Å². The van der Waals surface area contributed by atoms with E-state index in [1.807, 2.05) is 0 Å². The number of amides is 1. The minimum atomic E-state index is -2.40. The number of hydrogen-bond donors (Lipinski definition) is 1. The predicted octanol–water partition coefficient (Wildman–Crippen LogP) is 1.54. The Morgan fingerprint density at radius 2 is 2.00 bits per heavy atom. The summed E-state index contributed by atoms with van der Waals surface area (Å²) in [6.45, 7) is 2.83. The average Bonchev–Trinajstić information content (AvgIpc) is 1.84. The van der Waals surface area contributed by atoms with E-state index >= 15 is 0 Å². The van der Waals surface area contributed by atoms with Crippen molar-refractivity contribution in [3.05, 3.63) is 0 Å². The van der Waals surface area contributed by atoms with Gasteiger partial charge in [-0.2, -0.15) is 0 Å². The van der Waals surface area contributed by atoms with Gasteiger partial charge in [0.1, 0.15) is 0 Å². The molecule has 0 aromatic carbocycles. The van der Waals surface area contributed by atoms with Gasteiger partial charge in [-0.1, -0.05) is 13.8 Å². The van der Waals surface area contributed by atoms with Crippen molar-refractivity contribution in [1.82, 2.24) is 0 Å². The Bertz CT molecular complexity index is 145. The Kier molecular flexibility index (Phi) is 3.42. The van der Waals surface area contributed by atoms with Gasteiger partial charge in [-0.25, -0.2) is 8.78 Å². The van der Waals surface area contributed by atoms with Gasteiger partial charge in [0.2, 0.25) is 12.3 Å². The molecule has 0 rings (SSSR count). The smallest absolute Gasteiger partial charge is 0.243 e. The maximum atomic E-state index is 12.1. The van der Waals surface area contributed by atoms with Crippen molar-refractivity contribution in [2.45, 2.75) is 33.1 Å². The SMILES string of the molecule is CC(C)(CCC(N)=O)C(F)F. The summed E-state index contributed by atoms with van der Waals surface area (Å²) in [5.41, 5.74) is 3.71. The molecule has 0 aromatic heterocycles. The average molecular weight is 165 g/mol. The van der Waals surface area contributed by atoms with Gasteiger partial charge < -0.3 is 5.73 Å². The number of carbonyl (C=O) groups is 1. The first-order valence-electron chi connectivity index (χ1n) is 3.43. The molecule has 0 radical (unpaired) electrons. The lowest BCUT2D eigenvalue weighted by atomic mass is 9.88. The van der Waals surface area contributed by atoms with Crippen LogP contribution in [0.15, 0.2) is 0 Å². The second-order valence-corrected chi connectivity index (χ2v) is 3.26. The largest absolute Gasteiger partial charge is 0.370 e. The fourth-order valence-electron chi connectivity index (χ4n) is 0.554. The van der Waals surface area contributed by atoms with Gasteiger partial charge in [-0.3, -0.25) is 4.79 Å². The fraction of sp³-hybridized carbons (Fsp3) is 0.857. The lowest BCUT2D eigenvalue weighted by Crippen LogP contribution is -2.24. The van der Waals surface area contributed by atoms with Crippen molar-refractivity contribution in [2.75, 3.05) is 0 Å². The van der Waals surface area contributed by atoms with Crippen LogP contribution in [0.2, 0.25) is 0 Å². The summed E-state index contributed by atoms with van der Waals surface area (Å²) in [6, 6.07) is 0. The molecular formula is C7H13F2NO. The summed E-state index contributed by atoms with van der Waals surface area (Å²) < 4.78 is 24.2. The highest BCUT2D eigenvalue weighted by Crippen LogP contribution is 2.29. The number of carbonyl (C=O) groups excluding carboxylic acids is 1. The third-order valence-electron chi connectivity index (χ3n) is 1.61. The molecule has 0 atom stereocenters. The molecule has 0 aliphatic carbocycles. The Balaban J connectivity index is 3.82. The maximum Gasteiger partial charge on any atom is 0.243 e.